The third-order valence-electron chi connectivity index (χ3n) is 4.06. The van der Waals surface area contributed by atoms with Crippen LogP contribution in [0, 0.1) is 0 Å². The summed E-state index contributed by atoms with van der Waals surface area (Å²) in [5.41, 5.74) is 6.74. The summed E-state index contributed by atoms with van der Waals surface area (Å²) in [4.78, 5) is 12.6. The maximum Gasteiger partial charge on any atom is 0.253 e. The third kappa shape index (κ3) is 3.96. The highest BCUT2D eigenvalue weighted by molar-refractivity contribution is 7.91. The largest absolute Gasteiger partial charge is 0.495 e. The highest BCUT2D eigenvalue weighted by atomic mass is 35.5. The second kappa shape index (κ2) is 8.26. The van der Waals surface area contributed by atoms with Crippen LogP contribution in [0.4, 0.5) is 11.4 Å². The highest BCUT2D eigenvalue weighted by Crippen LogP contribution is 2.30. The van der Waals surface area contributed by atoms with Crippen LogP contribution in [-0.2, 0) is 14.8 Å². The van der Waals surface area contributed by atoms with Gasteiger partial charge in [-0.1, -0.05) is 6.07 Å². The Balaban J connectivity index is 0.00000243. The normalized spacial score (nSPS) is 17.5. The molecule has 3 rings (SSSR count). The van der Waals surface area contributed by atoms with E-state index in [1.807, 2.05) is 0 Å². The number of hydrogen-bond donors (Lipinski definition) is 2. The molecule has 10 heteroatoms. The number of benzene rings is 1. The average Bonchev–Trinajstić information content (AvgIpc) is 3.27. The van der Waals surface area contributed by atoms with Crippen LogP contribution < -0.4 is 15.8 Å². The van der Waals surface area contributed by atoms with Crippen LogP contribution in [0.1, 0.15) is 12.8 Å². The number of nitrogens with one attached hydrogen (secondary N) is 1. The summed E-state index contributed by atoms with van der Waals surface area (Å²) in [6.45, 7) is 0.336. The van der Waals surface area contributed by atoms with E-state index in [1.165, 1.54) is 11.4 Å². The molecule has 1 unspecified atom stereocenters. The molecule has 1 aromatic carbocycles. The molecule has 0 bridgehead atoms. The average molecular weight is 418 g/mol. The number of thiophene rings is 1. The molecular formula is C16H20ClN3O4S2. The Morgan fingerprint density at radius 3 is 2.77 bits per heavy atom. The monoisotopic (exact) mass is 417 g/mol. The number of methoxy groups -OCH3 is 1. The van der Waals surface area contributed by atoms with E-state index in [4.69, 9.17) is 10.5 Å². The number of halogens is 1. The number of amides is 1. The van der Waals surface area contributed by atoms with Crippen molar-refractivity contribution >= 4 is 51.0 Å². The molecule has 3 N–H and O–H groups in total. The number of hydrogen-bond acceptors (Lipinski definition) is 6. The molecular weight excluding hydrogens is 398 g/mol. The van der Waals surface area contributed by atoms with Crippen LogP contribution >= 0.6 is 23.7 Å². The fraction of sp³-hybridized carbons (Fsp3) is 0.312. The van der Waals surface area contributed by atoms with E-state index < -0.39 is 16.1 Å². The number of carbonyl (C=O) groups excluding carboxylic acids is 1. The lowest BCUT2D eigenvalue weighted by Crippen LogP contribution is -2.42. The first kappa shape index (κ1) is 20.5. The van der Waals surface area contributed by atoms with Gasteiger partial charge in [0.2, 0.25) is 5.91 Å². The first-order valence-corrected chi connectivity index (χ1v) is 10.0. The van der Waals surface area contributed by atoms with Crippen LogP contribution in [0.15, 0.2) is 39.9 Å². The van der Waals surface area contributed by atoms with E-state index in [0.29, 0.717) is 36.5 Å². The van der Waals surface area contributed by atoms with Crippen molar-refractivity contribution in [1.82, 2.24) is 4.31 Å². The van der Waals surface area contributed by atoms with E-state index >= 15 is 0 Å². The number of sulfonamides is 1. The van der Waals surface area contributed by atoms with Crippen molar-refractivity contribution in [2.24, 2.45) is 0 Å². The molecule has 2 aromatic rings. The van der Waals surface area contributed by atoms with Crippen LogP contribution in [0.3, 0.4) is 0 Å². The molecule has 0 radical (unpaired) electrons. The van der Waals surface area contributed by atoms with Gasteiger partial charge in [-0.05, 0) is 42.5 Å². The van der Waals surface area contributed by atoms with Gasteiger partial charge in [-0.15, -0.1) is 23.7 Å². The summed E-state index contributed by atoms with van der Waals surface area (Å²) >= 11 is 1.15. The number of ether oxygens (including phenoxy) is 1. The summed E-state index contributed by atoms with van der Waals surface area (Å²) in [6, 6.07) is 7.42. The molecule has 142 valence electrons. The predicted molar refractivity (Wildman–Crippen MR) is 105 cm³/mol. The van der Waals surface area contributed by atoms with Gasteiger partial charge in [0.1, 0.15) is 16.0 Å². The maximum absolute atomic E-state index is 12.7. The van der Waals surface area contributed by atoms with E-state index in [0.717, 1.165) is 11.3 Å². The second-order valence-electron chi connectivity index (χ2n) is 5.65. The molecule has 7 nitrogen and oxygen atoms in total. The minimum Gasteiger partial charge on any atom is -0.495 e. The van der Waals surface area contributed by atoms with Gasteiger partial charge in [-0.3, -0.25) is 4.79 Å². The molecule has 2 heterocycles. The molecule has 1 amide bonds. The molecule has 1 aliphatic rings. The smallest absolute Gasteiger partial charge is 0.253 e. The molecule has 0 spiro atoms. The summed E-state index contributed by atoms with van der Waals surface area (Å²) < 4.78 is 32.1. The quantitative estimate of drug-likeness (QED) is 0.728. The van der Waals surface area contributed by atoms with E-state index in [2.05, 4.69) is 5.32 Å². The number of nitrogen functional groups attached to an aromatic ring is 1. The lowest BCUT2D eigenvalue weighted by Gasteiger charge is -2.22. The van der Waals surface area contributed by atoms with Crippen LogP contribution in [-0.4, -0.2) is 38.3 Å². The van der Waals surface area contributed by atoms with Gasteiger partial charge in [0.25, 0.3) is 10.0 Å². The third-order valence-corrected chi connectivity index (χ3v) is 7.34. The van der Waals surface area contributed by atoms with Gasteiger partial charge in [0, 0.05) is 12.2 Å². The summed E-state index contributed by atoms with van der Waals surface area (Å²) in [5, 5.41) is 4.45. The van der Waals surface area contributed by atoms with Gasteiger partial charge in [0.05, 0.1) is 12.8 Å². The molecule has 0 saturated carbocycles. The Kier molecular flexibility index (Phi) is 6.51. The summed E-state index contributed by atoms with van der Waals surface area (Å²) in [7, 11) is -2.14. The second-order valence-corrected chi connectivity index (χ2v) is 8.72. The van der Waals surface area contributed by atoms with Crippen molar-refractivity contribution in [3.63, 3.8) is 0 Å². The molecule has 26 heavy (non-hydrogen) atoms. The van der Waals surface area contributed by atoms with Crippen molar-refractivity contribution in [3.05, 3.63) is 35.7 Å². The highest BCUT2D eigenvalue weighted by Gasteiger charge is 2.39. The molecule has 1 atom stereocenters. The zero-order chi connectivity index (χ0) is 18.0. The number of carbonyl (C=O) groups is 1. The number of rotatable bonds is 5. The number of anilines is 2. The first-order chi connectivity index (χ1) is 11.9. The summed E-state index contributed by atoms with van der Waals surface area (Å²) in [6.07, 6.45) is 1.13. The van der Waals surface area contributed by atoms with Gasteiger partial charge in [-0.25, -0.2) is 8.42 Å². The van der Waals surface area contributed by atoms with Crippen molar-refractivity contribution < 1.29 is 17.9 Å². The van der Waals surface area contributed by atoms with E-state index in [1.54, 1.807) is 35.7 Å². The van der Waals surface area contributed by atoms with Crippen LogP contribution in [0.25, 0.3) is 0 Å². The van der Waals surface area contributed by atoms with Crippen molar-refractivity contribution in [1.29, 1.82) is 0 Å². The fourth-order valence-electron chi connectivity index (χ4n) is 2.85. The molecule has 0 aliphatic carbocycles. The van der Waals surface area contributed by atoms with Gasteiger partial charge >= 0.3 is 0 Å². The van der Waals surface area contributed by atoms with Crippen LogP contribution in [0.2, 0.25) is 0 Å². The van der Waals surface area contributed by atoms with E-state index in [-0.39, 0.29) is 22.5 Å². The molecule has 1 fully saturated rings. The van der Waals surface area contributed by atoms with Crippen molar-refractivity contribution in [2.45, 2.75) is 23.1 Å². The Morgan fingerprint density at radius 2 is 2.15 bits per heavy atom. The minimum atomic E-state index is -3.65. The Bertz CT molecular complexity index is 872. The number of nitrogens with two attached hydrogens (primary N) is 1. The predicted octanol–water partition coefficient (Wildman–Crippen LogP) is 2.55. The fourth-order valence-corrected chi connectivity index (χ4v) is 5.63. The first-order valence-electron chi connectivity index (χ1n) is 7.73. The van der Waals surface area contributed by atoms with E-state index in [9.17, 15) is 13.2 Å². The molecule has 1 aromatic heterocycles. The van der Waals surface area contributed by atoms with Gasteiger partial charge < -0.3 is 15.8 Å². The Hall–Kier alpha value is -1.81. The topological polar surface area (TPSA) is 102 Å². The Morgan fingerprint density at radius 1 is 1.38 bits per heavy atom. The SMILES string of the molecule is COc1ccc(NC(=O)C2CCCN2S(=O)(=O)c2cccs2)cc1N.Cl. The summed E-state index contributed by atoms with van der Waals surface area (Å²) in [5.74, 6) is 0.156. The molecule has 1 saturated heterocycles. The number of nitrogens with zero attached hydrogens (tertiary/aromatic N) is 1. The van der Waals surface area contributed by atoms with Gasteiger partial charge in [0.15, 0.2) is 0 Å². The maximum atomic E-state index is 12.7. The zero-order valence-corrected chi connectivity index (χ0v) is 16.5. The molecule has 1 aliphatic heterocycles. The van der Waals surface area contributed by atoms with Crippen molar-refractivity contribution in [3.8, 4) is 5.75 Å². The minimum absolute atomic E-state index is 0. The lowest BCUT2D eigenvalue weighted by molar-refractivity contribution is -0.119. The van der Waals surface area contributed by atoms with Crippen molar-refractivity contribution in [2.75, 3.05) is 24.7 Å². The van der Waals surface area contributed by atoms with Gasteiger partial charge in [-0.2, -0.15) is 4.31 Å². The van der Waals surface area contributed by atoms with Crippen LogP contribution in [0.5, 0.6) is 5.75 Å². The zero-order valence-electron chi connectivity index (χ0n) is 14.0. The lowest BCUT2D eigenvalue weighted by atomic mass is 10.2. The standard InChI is InChI=1S/C16H19N3O4S2.ClH/c1-23-14-7-6-11(10-12(14)17)18-16(20)13-4-2-8-19(13)25(21,22)15-5-3-9-24-15;/h3,5-7,9-10,13H,2,4,8,17H2,1H3,(H,18,20);1H. The Labute approximate surface area is 162 Å².